The Kier molecular flexibility index (Phi) is 5.80. The van der Waals surface area contributed by atoms with Crippen molar-refractivity contribution in [2.24, 2.45) is 0 Å². The molecular formula is C12H19FN2S. The Morgan fingerprint density at radius 1 is 1.38 bits per heavy atom. The molecule has 90 valence electrons. The van der Waals surface area contributed by atoms with Gasteiger partial charge in [0.15, 0.2) is 0 Å². The van der Waals surface area contributed by atoms with Gasteiger partial charge in [0, 0.05) is 23.7 Å². The summed E-state index contributed by atoms with van der Waals surface area (Å²) < 4.78 is 13.6. The third-order valence-electron chi connectivity index (χ3n) is 2.17. The summed E-state index contributed by atoms with van der Waals surface area (Å²) in [6.45, 7) is 1.67. The Morgan fingerprint density at radius 2 is 2.12 bits per heavy atom. The summed E-state index contributed by atoms with van der Waals surface area (Å²) in [5.41, 5.74) is 0.983. The maximum atomic E-state index is 13.6. The van der Waals surface area contributed by atoms with E-state index in [1.807, 2.05) is 33.3 Å². The van der Waals surface area contributed by atoms with Crippen LogP contribution in [-0.2, 0) is 6.54 Å². The summed E-state index contributed by atoms with van der Waals surface area (Å²) in [5, 5.41) is 3.01. The second kappa shape index (κ2) is 6.89. The van der Waals surface area contributed by atoms with Crippen molar-refractivity contribution in [2.75, 3.05) is 33.4 Å². The molecule has 2 nitrogen and oxygen atoms in total. The predicted molar refractivity (Wildman–Crippen MR) is 68.4 cm³/mol. The molecule has 1 N–H and O–H groups in total. The number of nitrogens with zero attached hydrogens (tertiary/aromatic N) is 1. The first-order valence-corrected chi connectivity index (χ1v) is 6.32. The van der Waals surface area contributed by atoms with Gasteiger partial charge in [-0.2, -0.15) is 0 Å². The van der Waals surface area contributed by atoms with Gasteiger partial charge in [-0.25, -0.2) is 4.39 Å². The van der Waals surface area contributed by atoms with E-state index in [0.29, 0.717) is 6.54 Å². The lowest BCUT2D eigenvalue weighted by molar-refractivity contribution is 0.437. The van der Waals surface area contributed by atoms with E-state index in [0.717, 1.165) is 22.8 Å². The van der Waals surface area contributed by atoms with Crippen LogP contribution in [0.25, 0.3) is 0 Å². The number of halogens is 1. The normalized spacial score (nSPS) is 11.1. The third-order valence-corrected chi connectivity index (χ3v) is 3.20. The second-order valence-corrected chi connectivity index (χ2v) is 5.08. The van der Waals surface area contributed by atoms with E-state index in [9.17, 15) is 4.39 Å². The molecule has 0 spiro atoms. The molecule has 0 atom stereocenters. The fourth-order valence-corrected chi connectivity index (χ4v) is 2.35. The number of hydrogen-bond acceptors (Lipinski definition) is 3. The first-order valence-electron chi connectivity index (χ1n) is 5.34. The van der Waals surface area contributed by atoms with Crippen LogP contribution in [0.1, 0.15) is 5.56 Å². The molecule has 0 aromatic heterocycles. The molecule has 0 aliphatic heterocycles. The zero-order valence-corrected chi connectivity index (χ0v) is 10.9. The SMILES string of the molecule is CNCc1ccc(SCCN(C)C)c(F)c1. The molecule has 0 unspecified atom stereocenters. The summed E-state index contributed by atoms with van der Waals surface area (Å²) >= 11 is 1.57. The van der Waals surface area contributed by atoms with Crippen LogP contribution in [0.15, 0.2) is 23.1 Å². The monoisotopic (exact) mass is 242 g/mol. The molecule has 0 amide bonds. The molecule has 0 saturated heterocycles. The minimum absolute atomic E-state index is 0.114. The van der Waals surface area contributed by atoms with Crippen LogP contribution in [0.5, 0.6) is 0 Å². The molecule has 1 aromatic rings. The van der Waals surface area contributed by atoms with Gasteiger partial charge in [-0.15, -0.1) is 11.8 Å². The molecule has 0 aliphatic carbocycles. The molecular weight excluding hydrogens is 223 g/mol. The third kappa shape index (κ3) is 4.51. The lowest BCUT2D eigenvalue weighted by atomic mass is 10.2. The van der Waals surface area contributed by atoms with Gasteiger partial charge in [0.2, 0.25) is 0 Å². The molecule has 0 fully saturated rings. The van der Waals surface area contributed by atoms with Gasteiger partial charge in [0.05, 0.1) is 0 Å². The summed E-state index contributed by atoms with van der Waals surface area (Å²) in [7, 11) is 5.90. The van der Waals surface area contributed by atoms with Crippen molar-refractivity contribution in [1.29, 1.82) is 0 Å². The minimum Gasteiger partial charge on any atom is -0.316 e. The Labute approximate surface area is 101 Å². The fourth-order valence-electron chi connectivity index (χ4n) is 1.31. The highest BCUT2D eigenvalue weighted by molar-refractivity contribution is 7.99. The maximum absolute atomic E-state index is 13.6. The highest BCUT2D eigenvalue weighted by Crippen LogP contribution is 2.22. The van der Waals surface area contributed by atoms with Crippen molar-refractivity contribution >= 4 is 11.8 Å². The fraction of sp³-hybridized carbons (Fsp3) is 0.500. The topological polar surface area (TPSA) is 15.3 Å². The standard InChI is InChI=1S/C12H19FN2S/c1-14-9-10-4-5-12(11(13)8-10)16-7-6-15(2)3/h4-5,8,14H,6-7,9H2,1-3H3. The molecule has 1 rings (SSSR count). The smallest absolute Gasteiger partial charge is 0.137 e. The highest BCUT2D eigenvalue weighted by Gasteiger charge is 2.04. The van der Waals surface area contributed by atoms with Gasteiger partial charge in [0.1, 0.15) is 5.82 Å². The molecule has 0 radical (unpaired) electrons. The van der Waals surface area contributed by atoms with Gasteiger partial charge in [-0.05, 0) is 38.8 Å². The van der Waals surface area contributed by atoms with E-state index in [1.54, 1.807) is 17.8 Å². The van der Waals surface area contributed by atoms with Gasteiger partial charge in [-0.3, -0.25) is 0 Å². The lowest BCUT2D eigenvalue weighted by Gasteiger charge is -2.09. The van der Waals surface area contributed by atoms with E-state index >= 15 is 0 Å². The van der Waals surface area contributed by atoms with Crippen LogP contribution in [0.4, 0.5) is 4.39 Å². The first-order chi connectivity index (χ1) is 7.63. The number of nitrogens with one attached hydrogen (secondary N) is 1. The maximum Gasteiger partial charge on any atom is 0.137 e. The Hall–Kier alpha value is -0.580. The van der Waals surface area contributed by atoms with Gasteiger partial charge in [-0.1, -0.05) is 6.07 Å². The zero-order valence-electron chi connectivity index (χ0n) is 10.1. The Morgan fingerprint density at radius 3 is 2.69 bits per heavy atom. The van der Waals surface area contributed by atoms with Crippen LogP contribution >= 0.6 is 11.8 Å². The predicted octanol–water partition coefficient (Wildman–Crippen LogP) is 2.20. The number of hydrogen-bond donors (Lipinski definition) is 1. The quantitative estimate of drug-likeness (QED) is 0.770. The van der Waals surface area contributed by atoms with Gasteiger partial charge in [0.25, 0.3) is 0 Å². The van der Waals surface area contributed by atoms with Crippen molar-refractivity contribution in [1.82, 2.24) is 10.2 Å². The zero-order chi connectivity index (χ0) is 12.0. The van der Waals surface area contributed by atoms with Crippen molar-refractivity contribution in [3.8, 4) is 0 Å². The molecule has 0 saturated carbocycles. The van der Waals surface area contributed by atoms with E-state index < -0.39 is 0 Å². The molecule has 16 heavy (non-hydrogen) atoms. The van der Waals surface area contributed by atoms with E-state index in [2.05, 4.69) is 10.2 Å². The summed E-state index contributed by atoms with van der Waals surface area (Å²) in [5.74, 6) is 0.798. The van der Waals surface area contributed by atoms with Gasteiger partial charge >= 0.3 is 0 Å². The summed E-state index contributed by atoms with van der Waals surface area (Å²) in [4.78, 5) is 2.84. The van der Waals surface area contributed by atoms with E-state index in [4.69, 9.17) is 0 Å². The lowest BCUT2D eigenvalue weighted by Crippen LogP contribution is -2.14. The Balaban J connectivity index is 2.54. The average Bonchev–Trinajstić information content (AvgIpc) is 2.21. The largest absolute Gasteiger partial charge is 0.316 e. The van der Waals surface area contributed by atoms with Crippen LogP contribution in [0, 0.1) is 5.82 Å². The van der Waals surface area contributed by atoms with E-state index in [1.165, 1.54) is 0 Å². The molecule has 0 bridgehead atoms. The number of rotatable bonds is 6. The average molecular weight is 242 g/mol. The minimum atomic E-state index is -0.114. The first kappa shape index (κ1) is 13.5. The van der Waals surface area contributed by atoms with Crippen molar-refractivity contribution < 1.29 is 4.39 Å². The van der Waals surface area contributed by atoms with Crippen LogP contribution in [0.2, 0.25) is 0 Å². The number of benzene rings is 1. The van der Waals surface area contributed by atoms with E-state index in [-0.39, 0.29) is 5.82 Å². The van der Waals surface area contributed by atoms with Crippen LogP contribution in [0.3, 0.4) is 0 Å². The molecule has 4 heteroatoms. The summed E-state index contributed by atoms with van der Waals surface area (Å²) in [6.07, 6.45) is 0. The summed E-state index contributed by atoms with van der Waals surface area (Å²) in [6, 6.07) is 5.44. The van der Waals surface area contributed by atoms with Crippen molar-refractivity contribution in [3.05, 3.63) is 29.6 Å². The molecule has 0 aliphatic rings. The Bertz CT molecular complexity index is 329. The van der Waals surface area contributed by atoms with Crippen LogP contribution < -0.4 is 5.32 Å². The molecule has 0 heterocycles. The van der Waals surface area contributed by atoms with Gasteiger partial charge < -0.3 is 10.2 Å². The molecule has 1 aromatic carbocycles. The number of thioether (sulfide) groups is 1. The van der Waals surface area contributed by atoms with Crippen LogP contribution in [-0.4, -0.2) is 38.3 Å². The second-order valence-electron chi connectivity index (χ2n) is 3.95. The van der Waals surface area contributed by atoms with Crippen molar-refractivity contribution in [3.63, 3.8) is 0 Å². The highest BCUT2D eigenvalue weighted by atomic mass is 32.2. The van der Waals surface area contributed by atoms with Crippen molar-refractivity contribution in [2.45, 2.75) is 11.4 Å².